The molecule has 0 spiro atoms. The van der Waals surface area contributed by atoms with Crippen LogP contribution in [-0.2, 0) is 9.53 Å². The highest BCUT2D eigenvalue weighted by Gasteiger charge is 2.41. The monoisotopic (exact) mass is 253 g/mol. The Balaban J connectivity index is 4.72. The van der Waals surface area contributed by atoms with Gasteiger partial charge in [-0.3, -0.25) is 4.79 Å². The van der Waals surface area contributed by atoms with Crippen molar-refractivity contribution in [3.05, 3.63) is 0 Å². The molecular weight excluding hydrogens is 225 g/mol. The first-order valence-electron chi connectivity index (χ1n) is 6.62. The van der Waals surface area contributed by atoms with Crippen molar-refractivity contribution in [3.63, 3.8) is 0 Å². The largest absolute Gasteiger partial charge is 0.370 e. The molecule has 3 nitrogen and oxygen atoms in total. The van der Waals surface area contributed by atoms with Crippen molar-refractivity contribution in [1.29, 1.82) is 0 Å². The Morgan fingerprint density at radius 2 is 1.61 bits per heavy atom. The van der Waals surface area contributed by atoms with Crippen LogP contribution in [-0.4, -0.2) is 31.5 Å². The molecule has 1 N–H and O–H groups in total. The lowest BCUT2D eigenvalue weighted by molar-refractivity contribution is -0.142. The summed E-state index contributed by atoms with van der Waals surface area (Å²) in [5, 5.41) is 2.85. The maximum atomic E-state index is 11.0. The van der Waals surface area contributed by atoms with Crippen molar-refractivity contribution in [1.82, 2.24) is 5.32 Å². The third-order valence-electron chi connectivity index (χ3n) is 4.31. The second kappa shape index (κ2) is 6.09. The van der Waals surface area contributed by atoms with Gasteiger partial charge in [-0.2, -0.15) is 0 Å². The van der Waals surface area contributed by atoms with Crippen LogP contribution in [0.5, 0.6) is 0 Å². The van der Waals surface area contributed by atoms with Crippen LogP contribution in [0.2, 0.25) is 5.82 Å². The summed E-state index contributed by atoms with van der Waals surface area (Å²) in [5.41, 5.74) is -0.523. The molecule has 18 heavy (non-hydrogen) atoms. The molecule has 0 saturated heterocycles. The predicted molar refractivity (Wildman–Crippen MR) is 76.9 cm³/mol. The van der Waals surface area contributed by atoms with Crippen molar-refractivity contribution >= 4 is 13.8 Å². The molecule has 2 radical (unpaired) electrons. The molecule has 104 valence electrons. The average Bonchev–Trinajstić information content (AvgIpc) is 2.14. The maximum Gasteiger partial charge on any atom is 0.217 e. The summed E-state index contributed by atoms with van der Waals surface area (Å²) in [7, 11) is 6.04. The Bertz CT molecular complexity index is 288. The number of carbonyl (C=O) groups is 1. The normalized spacial score (nSPS) is 18.0. The predicted octanol–water partition coefficient (Wildman–Crippen LogP) is 2.70. The first kappa shape index (κ1) is 17.5. The van der Waals surface area contributed by atoms with E-state index in [0.717, 1.165) is 0 Å². The average molecular weight is 253 g/mol. The fourth-order valence-electron chi connectivity index (χ4n) is 1.70. The Hall–Kier alpha value is -0.505. The van der Waals surface area contributed by atoms with E-state index in [4.69, 9.17) is 12.6 Å². The number of hydrogen-bond acceptors (Lipinski definition) is 2. The van der Waals surface area contributed by atoms with E-state index in [0.29, 0.717) is 0 Å². The molecular formula is C14H28BNO2. The second-order valence-electron chi connectivity index (χ2n) is 6.33. The molecule has 0 aliphatic rings. The number of hydrogen-bond donors (Lipinski definition) is 1. The van der Waals surface area contributed by atoms with Crippen LogP contribution in [0.25, 0.3) is 0 Å². The van der Waals surface area contributed by atoms with Crippen molar-refractivity contribution in [2.75, 3.05) is 0 Å². The van der Waals surface area contributed by atoms with Gasteiger partial charge in [-0.1, -0.05) is 26.6 Å². The quantitative estimate of drug-likeness (QED) is 0.739. The van der Waals surface area contributed by atoms with E-state index in [9.17, 15) is 4.79 Å². The van der Waals surface area contributed by atoms with Crippen LogP contribution >= 0.6 is 0 Å². The molecule has 4 heteroatoms. The van der Waals surface area contributed by atoms with Gasteiger partial charge in [-0.05, 0) is 33.1 Å². The minimum atomic E-state index is -0.368. The summed E-state index contributed by atoms with van der Waals surface area (Å²) in [5.74, 6) is -0.0158. The van der Waals surface area contributed by atoms with Crippen molar-refractivity contribution < 1.29 is 9.53 Å². The number of carbonyl (C=O) groups excluding carboxylic acids is 1. The molecule has 0 aliphatic carbocycles. The molecule has 0 aromatic heterocycles. The summed E-state index contributed by atoms with van der Waals surface area (Å²) in [6, 6.07) is -0.0225. The van der Waals surface area contributed by atoms with E-state index < -0.39 is 0 Å². The van der Waals surface area contributed by atoms with Gasteiger partial charge in [-0.25, -0.2) is 0 Å². The number of ether oxygens (including phenoxy) is 1. The molecule has 0 fully saturated rings. The van der Waals surface area contributed by atoms with Crippen LogP contribution in [0, 0.1) is 5.41 Å². The van der Waals surface area contributed by atoms with Crippen molar-refractivity contribution in [2.45, 2.75) is 79.0 Å². The highest BCUT2D eigenvalue weighted by Crippen LogP contribution is 2.42. The molecule has 0 rings (SSSR count). The van der Waals surface area contributed by atoms with Gasteiger partial charge in [0, 0.05) is 6.92 Å². The molecule has 0 bridgehead atoms. The minimum Gasteiger partial charge on any atom is -0.370 e. The summed E-state index contributed by atoms with van der Waals surface area (Å²) in [6.45, 7) is 15.7. The summed E-state index contributed by atoms with van der Waals surface area (Å²) in [6.07, 6.45) is -0.0677. The fourth-order valence-corrected chi connectivity index (χ4v) is 1.70. The van der Waals surface area contributed by atoms with E-state index >= 15 is 0 Å². The molecule has 3 unspecified atom stereocenters. The molecule has 0 aromatic carbocycles. The highest BCUT2D eigenvalue weighted by molar-refractivity contribution is 6.11. The zero-order valence-electron chi connectivity index (χ0n) is 13.1. The zero-order valence-corrected chi connectivity index (χ0v) is 13.1. The lowest BCUT2D eigenvalue weighted by atomic mass is 9.61. The zero-order chi connectivity index (χ0) is 14.7. The Morgan fingerprint density at radius 1 is 1.17 bits per heavy atom. The lowest BCUT2D eigenvalue weighted by Gasteiger charge is -2.47. The molecule has 1 amide bonds. The second-order valence-corrected chi connectivity index (χ2v) is 6.33. The molecule has 0 aliphatic heterocycles. The fraction of sp³-hybridized carbons (Fsp3) is 0.929. The van der Waals surface area contributed by atoms with E-state index in [1.165, 1.54) is 6.92 Å². The summed E-state index contributed by atoms with van der Waals surface area (Å²) < 4.78 is 6.13. The van der Waals surface area contributed by atoms with Crippen LogP contribution in [0.1, 0.15) is 55.4 Å². The van der Waals surface area contributed by atoms with Gasteiger partial charge >= 0.3 is 0 Å². The number of nitrogens with one attached hydrogen (secondary N) is 1. The standard InChI is InChI=1S/C14H28BNO2/c1-9(16-12(4)17)10(2)18-14(7,8)13(5,6)11(3)15/h9-11H,1-8H3,(H,16,17). The maximum absolute atomic E-state index is 11.0. The van der Waals surface area contributed by atoms with Gasteiger partial charge in [0.1, 0.15) is 0 Å². The van der Waals surface area contributed by atoms with Gasteiger partial charge in [0.2, 0.25) is 5.91 Å². The highest BCUT2D eigenvalue weighted by atomic mass is 16.5. The first-order chi connectivity index (χ1) is 7.91. The molecule has 0 heterocycles. The van der Waals surface area contributed by atoms with E-state index in [2.05, 4.69) is 19.2 Å². The van der Waals surface area contributed by atoms with Gasteiger partial charge in [0.05, 0.1) is 25.6 Å². The van der Waals surface area contributed by atoms with E-state index in [1.807, 2.05) is 34.6 Å². The van der Waals surface area contributed by atoms with E-state index in [-0.39, 0.29) is 34.9 Å². The van der Waals surface area contributed by atoms with Gasteiger partial charge in [-0.15, -0.1) is 0 Å². The molecule has 3 atom stereocenters. The molecule has 0 saturated carbocycles. The summed E-state index contributed by atoms with van der Waals surface area (Å²) in [4.78, 5) is 11.0. The van der Waals surface area contributed by atoms with Crippen LogP contribution < -0.4 is 5.32 Å². The number of rotatable bonds is 6. The smallest absolute Gasteiger partial charge is 0.217 e. The third kappa shape index (κ3) is 4.31. The van der Waals surface area contributed by atoms with Crippen LogP contribution in [0.15, 0.2) is 0 Å². The lowest BCUT2D eigenvalue weighted by Crippen LogP contribution is -2.50. The molecule has 0 aromatic rings. The Labute approximate surface area is 113 Å². The minimum absolute atomic E-state index is 0.0225. The topological polar surface area (TPSA) is 38.3 Å². The third-order valence-corrected chi connectivity index (χ3v) is 4.31. The first-order valence-corrected chi connectivity index (χ1v) is 6.62. The number of amides is 1. The Morgan fingerprint density at radius 3 is 1.94 bits per heavy atom. The van der Waals surface area contributed by atoms with E-state index in [1.54, 1.807) is 0 Å². The van der Waals surface area contributed by atoms with Crippen molar-refractivity contribution in [3.8, 4) is 0 Å². The SMILES string of the molecule is [B]C(C)C(C)(C)C(C)(C)OC(C)C(C)NC(C)=O. The van der Waals surface area contributed by atoms with Crippen LogP contribution in [0.3, 0.4) is 0 Å². The summed E-state index contributed by atoms with van der Waals surface area (Å²) >= 11 is 0. The van der Waals surface area contributed by atoms with Gasteiger partial charge in [0.15, 0.2) is 0 Å². The van der Waals surface area contributed by atoms with Crippen molar-refractivity contribution in [2.24, 2.45) is 5.41 Å². The van der Waals surface area contributed by atoms with Gasteiger partial charge in [0.25, 0.3) is 0 Å². The van der Waals surface area contributed by atoms with Crippen LogP contribution in [0.4, 0.5) is 0 Å². The van der Waals surface area contributed by atoms with Gasteiger partial charge < -0.3 is 10.1 Å². The Kier molecular flexibility index (Phi) is 5.92.